The molecule has 1 aromatic heterocycles. The molecule has 0 radical (unpaired) electrons. The predicted octanol–water partition coefficient (Wildman–Crippen LogP) is 14.7. The van der Waals surface area contributed by atoms with E-state index in [9.17, 15) is 5.11 Å². The minimum atomic E-state index is 0.147. The number of fused-ring (bicyclic) bond motifs is 4. The standard InChI is InChI=1S/C52H36N2O2/c55-52-48(53(40-20-7-2-8-21-40)41-22-9-3-10-23-41)33-39(45-27-15-19-37-18-13-14-26-44(37)45)34-49(52)54(42-24-11-4-12-25-42)43-29-31-51-47(35-43)46-32-38(28-30-50(46)56-51)36-16-5-1-6-17-36/h1-35,55H. The Morgan fingerprint density at radius 2 is 0.839 bits per heavy atom. The van der Waals surface area contributed by atoms with Crippen molar-refractivity contribution < 1.29 is 9.52 Å². The fraction of sp³-hybridized carbons (Fsp3) is 0. The minimum Gasteiger partial charge on any atom is -0.504 e. The molecule has 56 heavy (non-hydrogen) atoms. The summed E-state index contributed by atoms with van der Waals surface area (Å²) < 4.78 is 6.41. The van der Waals surface area contributed by atoms with Gasteiger partial charge in [-0.3, -0.25) is 0 Å². The minimum absolute atomic E-state index is 0.147. The lowest BCUT2D eigenvalue weighted by Crippen LogP contribution is -2.14. The van der Waals surface area contributed by atoms with Crippen molar-refractivity contribution in [2.75, 3.05) is 9.80 Å². The van der Waals surface area contributed by atoms with Crippen molar-refractivity contribution in [3.05, 3.63) is 212 Å². The summed E-state index contributed by atoms with van der Waals surface area (Å²) >= 11 is 0. The van der Waals surface area contributed by atoms with Crippen LogP contribution in [0.1, 0.15) is 0 Å². The Kier molecular flexibility index (Phi) is 8.27. The SMILES string of the molecule is Oc1c(N(c2ccccc2)c2ccccc2)cc(-c2cccc3ccccc23)cc1N(c1ccccc1)c1ccc2oc3ccc(-c4ccccc4)cc3c2c1. The molecule has 0 aliphatic carbocycles. The summed E-state index contributed by atoms with van der Waals surface area (Å²) in [4.78, 5) is 4.29. The first-order valence-corrected chi connectivity index (χ1v) is 18.8. The van der Waals surface area contributed by atoms with Gasteiger partial charge in [0.1, 0.15) is 11.2 Å². The van der Waals surface area contributed by atoms with Gasteiger partial charge in [-0.2, -0.15) is 0 Å². The molecule has 0 spiro atoms. The van der Waals surface area contributed by atoms with Crippen LogP contribution in [0.15, 0.2) is 217 Å². The highest BCUT2D eigenvalue weighted by Crippen LogP contribution is 2.51. The van der Waals surface area contributed by atoms with Gasteiger partial charge in [-0.25, -0.2) is 0 Å². The van der Waals surface area contributed by atoms with Crippen LogP contribution in [0.5, 0.6) is 5.75 Å². The van der Waals surface area contributed by atoms with Gasteiger partial charge in [0, 0.05) is 33.5 Å². The zero-order valence-corrected chi connectivity index (χ0v) is 30.5. The Morgan fingerprint density at radius 1 is 0.339 bits per heavy atom. The van der Waals surface area contributed by atoms with E-state index < -0.39 is 0 Å². The molecule has 1 heterocycles. The third-order valence-corrected chi connectivity index (χ3v) is 10.5. The average Bonchev–Trinajstić information content (AvgIpc) is 3.63. The molecule has 0 amide bonds. The van der Waals surface area contributed by atoms with Crippen LogP contribution in [0.4, 0.5) is 34.1 Å². The number of furan rings is 1. The molecule has 0 unspecified atom stereocenters. The average molecular weight is 721 g/mol. The van der Waals surface area contributed by atoms with Crippen molar-refractivity contribution in [3.63, 3.8) is 0 Å². The van der Waals surface area contributed by atoms with E-state index in [0.29, 0.717) is 11.4 Å². The van der Waals surface area contributed by atoms with E-state index in [4.69, 9.17) is 4.42 Å². The molecule has 1 N–H and O–H groups in total. The molecular formula is C52H36N2O2. The first-order chi connectivity index (χ1) is 27.7. The molecular weight excluding hydrogens is 685 g/mol. The Balaban J connectivity index is 1.25. The lowest BCUT2D eigenvalue weighted by atomic mass is 9.96. The van der Waals surface area contributed by atoms with Crippen molar-refractivity contribution in [3.8, 4) is 28.0 Å². The number of aromatic hydroxyl groups is 1. The molecule has 0 atom stereocenters. The van der Waals surface area contributed by atoms with Crippen LogP contribution in [0.3, 0.4) is 0 Å². The summed E-state index contributed by atoms with van der Waals surface area (Å²) in [6.07, 6.45) is 0. The van der Waals surface area contributed by atoms with Gasteiger partial charge in [0.15, 0.2) is 5.75 Å². The summed E-state index contributed by atoms with van der Waals surface area (Å²) in [6, 6.07) is 72.9. The number of hydrogen-bond acceptors (Lipinski definition) is 4. The number of anilines is 6. The van der Waals surface area contributed by atoms with Crippen LogP contribution >= 0.6 is 0 Å². The fourth-order valence-electron chi connectivity index (χ4n) is 7.88. The van der Waals surface area contributed by atoms with Gasteiger partial charge in [-0.15, -0.1) is 0 Å². The monoisotopic (exact) mass is 720 g/mol. The van der Waals surface area contributed by atoms with E-state index in [1.165, 1.54) is 0 Å². The third kappa shape index (κ3) is 5.90. The second-order valence-corrected chi connectivity index (χ2v) is 13.9. The van der Waals surface area contributed by atoms with Crippen molar-refractivity contribution >= 4 is 66.8 Å². The van der Waals surface area contributed by atoms with Gasteiger partial charge in [0.25, 0.3) is 0 Å². The van der Waals surface area contributed by atoms with Gasteiger partial charge in [0.05, 0.1) is 11.4 Å². The number of hydrogen-bond donors (Lipinski definition) is 1. The Labute approximate surface area is 325 Å². The molecule has 10 rings (SSSR count). The third-order valence-electron chi connectivity index (χ3n) is 10.5. The summed E-state index contributed by atoms with van der Waals surface area (Å²) in [7, 11) is 0. The molecule has 0 saturated heterocycles. The van der Waals surface area contributed by atoms with E-state index in [0.717, 1.165) is 77.7 Å². The Bertz CT molecular complexity index is 2930. The second-order valence-electron chi connectivity index (χ2n) is 13.9. The van der Waals surface area contributed by atoms with Crippen LogP contribution in [-0.2, 0) is 0 Å². The predicted molar refractivity (Wildman–Crippen MR) is 233 cm³/mol. The van der Waals surface area contributed by atoms with E-state index in [1.54, 1.807) is 0 Å². The fourth-order valence-corrected chi connectivity index (χ4v) is 7.88. The summed E-state index contributed by atoms with van der Waals surface area (Å²) in [5, 5.41) is 17.2. The van der Waals surface area contributed by atoms with Crippen molar-refractivity contribution in [2.45, 2.75) is 0 Å². The zero-order valence-electron chi connectivity index (χ0n) is 30.5. The van der Waals surface area contributed by atoms with Crippen LogP contribution < -0.4 is 9.80 Å². The number of phenols is 1. The number of benzene rings is 9. The first kappa shape index (κ1) is 33.0. The smallest absolute Gasteiger partial charge is 0.163 e. The van der Waals surface area contributed by atoms with Crippen LogP contribution in [0, 0.1) is 0 Å². The van der Waals surface area contributed by atoms with Gasteiger partial charge < -0.3 is 19.3 Å². The molecule has 0 aliphatic heterocycles. The van der Waals surface area contributed by atoms with E-state index in [-0.39, 0.29) is 5.75 Å². The quantitative estimate of drug-likeness (QED) is 0.170. The maximum absolute atomic E-state index is 12.9. The highest BCUT2D eigenvalue weighted by Gasteiger charge is 2.26. The van der Waals surface area contributed by atoms with E-state index >= 15 is 0 Å². The molecule has 0 bridgehead atoms. The van der Waals surface area contributed by atoms with Crippen molar-refractivity contribution in [2.24, 2.45) is 0 Å². The summed E-state index contributed by atoms with van der Waals surface area (Å²) in [5.74, 6) is 0.147. The van der Waals surface area contributed by atoms with Crippen LogP contribution in [0.25, 0.3) is 55.0 Å². The van der Waals surface area contributed by atoms with E-state index in [2.05, 4.69) is 155 Å². The number of para-hydroxylation sites is 3. The van der Waals surface area contributed by atoms with E-state index in [1.807, 2.05) is 66.7 Å². The molecule has 266 valence electrons. The molecule has 10 aromatic rings. The van der Waals surface area contributed by atoms with Gasteiger partial charge in [-0.05, 0) is 112 Å². The molecule has 4 heteroatoms. The molecule has 0 fully saturated rings. The maximum atomic E-state index is 12.9. The van der Waals surface area contributed by atoms with Gasteiger partial charge in [-0.1, -0.05) is 133 Å². The van der Waals surface area contributed by atoms with Crippen LogP contribution in [-0.4, -0.2) is 5.11 Å². The zero-order chi connectivity index (χ0) is 37.4. The number of phenolic OH excluding ortho intramolecular Hbond substituents is 1. The lowest BCUT2D eigenvalue weighted by Gasteiger charge is -2.31. The highest BCUT2D eigenvalue weighted by molar-refractivity contribution is 6.08. The number of nitrogens with zero attached hydrogens (tertiary/aromatic N) is 2. The Morgan fingerprint density at radius 3 is 1.46 bits per heavy atom. The largest absolute Gasteiger partial charge is 0.504 e. The molecule has 4 nitrogen and oxygen atoms in total. The highest BCUT2D eigenvalue weighted by atomic mass is 16.3. The van der Waals surface area contributed by atoms with Gasteiger partial charge >= 0.3 is 0 Å². The van der Waals surface area contributed by atoms with Crippen molar-refractivity contribution in [1.29, 1.82) is 0 Å². The normalized spacial score (nSPS) is 11.3. The van der Waals surface area contributed by atoms with Crippen LogP contribution in [0.2, 0.25) is 0 Å². The summed E-state index contributed by atoms with van der Waals surface area (Å²) in [5.41, 5.74) is 10.9. The lowest BCUT2D eigenvalue weighted by molar-refractivity contribution is 0.478. The number of rotatable bonds is 8. The van der Waals surface area contributed by atoms with Crippen molar-refractivity contribution in [1.82, 2.24) is 0 Å². The topological polar surface area (TPSA) is 39.9 Å². The summed E-state index contributed by atoms with van der Waals surface area (Å²) in [6.45, 7) is 0. The Hall–Kier alpha value is -7.56. The first-order valence-electron chi connectivity index (χ1n) is 18.8. The molecule has 0 saturated carbocycles. The molecule has 9 aromatic carbocycles. The maximum Gasteiger partial charge on any atom is 0.163 e. The molecule has 0 aliphatic rings. The second kappa shape index (κ2) is 14.0. The van der Waals surface area contributed by atoms with Gasteiger partial charge in [0.2, 0.25) is 0 Å².